The molecule has 8 heteroatoms. The summed E-state index contributed by atoms with van der Waals surface area (Å²) in [6, 6.07) is 13.5. The average Bonchev–Trinajstić information content (AvgIpc) is 2.75. The number of hydrogen-bond acceptors (Lipinski definition) is 5. The van der Waals surface area contributed by atoms with Crippen LogP contribution in [0.25, 0.3) is 0 Å². The van der Waals surface area contributed by atoms with Crippen molar-refractivity contribution in [3.8, 4) is 5.75 Å². The molecule has 0 saturated carbocycles. The molecule has 0 spiro atoms. The Bertz CT molecular complexity index is 934. The van der Waals surface area contributed by atoms with Gasteiger partial charge in [-0.3, -0.25) is 14.4 Å². The Morgan fingerprint density at radius 2 is 1.74 bits per heavy atom. The molecular formula is C23H27N3O5. The van der Waals surface area contributed by atoms with Crippen LogP contribution in [-0.4, -0.2) is 54.5 Å². The van der Waals surface area contributed by atoms with Crippen LogP contribution in [0.3, 0.4) is 0 Å². The summed E-state index contributed by atoms with van der Waals surface area (Å²) in [6.45, 7) is 5.18. The van der Waals surface area contributed by atoms with Gasteiger partial charge in [0, 0.05) is 30.8 Å². The summed E-state index contributed by atoms with van der Waals surface area (Å²) in [5.74, 6) is -0.499. The third-order valence-corrected chi connectivity index (χ3v) is 4.89. The lowest BCUT2D eigenvalue weighted by Crippen LogP contribution is -2.48. The van der Waals surface area contributed by atoms with Crippen LogP contribution in [0, 0.1) is 0 Å². The van der Waals surface area contributed by atoms with Crippen LogP contribution < -0.4 is 15.8 Å². The predicted molar refractivity (Wildman–Crippen MR) is 115 cm³/mol. The van der Waals surface area contributed by atoms with Gasteiger partial charge in [0.2, 0.25) is 5.91 Å². The largest absolute Gasteiger partial charge is 0.484 e. The molecule has 0 aromatic heterocycles. The summed E-state index contributed by atoms with van der Waals surface area (Å²) >= 11 is 0. The molecule has 2 aromatic rings. The van der Waals surface area contributed by atoms with Crippen LogP contribution in [-0.2, 0) is 16.1 Å². The first kappa shape index (κ1) is 22.3. The van der Waals surface area contributed by atoms with Gasteiger partial charge < -0.3 is 25.4 Å². The van der Waals surface area contributed by atoms with E-state index in [-0.39, 0.29) is 30.6 Å². The highest BCUT2D eigenvalue weighted by atomic mass is 16.5. The van der Waals surface area contributed by atoms with Crippen LogP contribution in [0.2, 0.25) is 0 Å². The summed E-state index contributed by atoms with van der Waals surface area (Å²) in [7, 11) is 0. The summed E-state index contributed by atoms with van der Waals surface area (Å²) in [4.78, 5) is 37.8. The monoisotopic (exact) mass is 425 g/mol. The summed E-state index contributed by atoms with van der Waals surface area (Å²) in [5, 5.41) is 2.76. The van der Waals surface area contributed by atoms with E-state index >= 15 is 0 Å². The van der Waals surface area contributed by atoms with E-state index in [1.807, 2.05) is 26.0 Å². The third-order valence-electron chi connectivity index (χ3n) is 4.89. The molecule has 3 rings (SSSR count). The maximum Gasteiger partial charge on any atom is 0.258 e. The maximum absolute atomic E-state index is 12.7. The van der Waals surface area contributed by atoms with Gasteiger partial charge in [-0.15, -0.1) is 0 Å². The Morgan fingerprint density at radius 3 is 2.39 bits per heavy atom. The highest BCUT2D eigenvalue weighted by Gasteiger charge is 2.26. The maximum atomic E-state index is 12.7. The lowest BCUT2D eigenvalue weighted by atomic mass is 10.1. The number of carbonyl (C=O) groups is 3. The molecule has 0 radical (unpaired) electrons. The third kappa shape index (κ3) is 6.29. The molecule has 31 heavy (non-hydrogen) atoms. The van der Waals surface area contributed by atoms with Gasteiger partial charge in [0.05, 0.1) is 12.2 Å². The first-order valence-electron chi connectivity index (χ1n) is 10.1. The highest BCUT2D eigenvalue weighted by molar-refractivity contribution is 5.94. The van der Waals surface area contributed by atoms with Gasteiger partial charge in [-0.1, -0.05) is 18.2 Å². The predicted octanol–water partition coefficient (Wildman–Crippen LogP) is 1.73. The van der Waals surface area contributed by atoms with Crippen molar-refractivity contribution in [1.82, 2.24) is 10.2 Å². The zero-order valence-electron chi connectivity index (χ0n) is 17.7. The Labute approximate surface area is 181 Å². The summed E-state index contributed by atoms with van der Waals surface area (Å²) in [6.07, 6.45) is 0.0327. The normalized spacial score (nSPS) is 18.3. The van der Waals surface area contributed by atoms with E-state index in [9.17, 15) is 14.4 Å². The molecule has 2 aromatic carbocycles. The first-order chi connectivity index (χ1) is 14.8. The number of primary amides is 1. The van der Waals surface area contributed by atoms with Gasteiger partial charge in [0.1, 0.15) is 5.75 Å². The number of nitrogens with zero attached hydrogens (tertiary/aromatic N) is 1. The number of benzene rings is 2. The van der Waals surface area contributed by atoms with Crippen molar-refractivity contribution in [2.75, 3.05) is 19.7 Å². The van der Waals surface area contributed by atoms with Gasteiger partial charge in [-0.2, -0.15) is 0 Å². The summed E-state index contributed by atoms with van der Waals surface area (Å²) < 4.78 is 11.1. The number of nitrogens with one attached hydrogen (secondary N) is 1. The second-order valence-electron chi connectivity index (χ2n) is 7.62. The van der Waals surface area contributed by atoms with E-state index in [2.05, 4.69) is 5.32 Å². The highest BCUT2D eigenvalue weighted by Crippen LogP contribution is 2.15. The Kier molecular flexibility index (Phi) is 7.25. The minimum atomic E-state index is -0.561. The second-order valence-corrected chi connectivity index (χ2v) is 7.62. The zero-order valence-corrected chi connectivity index (χ0v) is 17.7. The first-order valence-corrected chi connectivity index (χ1v) is 10.1. The van der Waals surface area contributed by atoms with Crippen molar-refractivity contribution >= 4 is 17.7 Å². The van der Waals surface area contributed by atoms with E-state index in [4.69, 9.17) is 15.2 Å². The Hall–Kier alpha value is -3.39. The van der Waals surface area contributed by atoms with Crippen LogP contribution in [0.1, 0.15) is 40.1 Å². The molecule has 2 atom stereocenters. The van der Waals surface area contributed by atoms with E-state index in [1.54, 1.807) is 35.2 Å². The topological polar surface area (TPSA) is 111 Å². The number of nitrogens with two attached hydrogens (primary N) is 1. The van der Waals surface area contributed by atoms with Gasteiger partial charge in [0.15, 0.2) is 6.61 Å². The molecule has 3 N–H and O–H groups in total. The molecule has 3 amide bonds. The van der Waals surface area contributed by atoms with Crippen LogP contribution in [0.15, 0.2) is 48.5 Å². The van der Waals surface area contributed by atoms with Crippen molar-refractivity contribution in [1.29, 1.82) is 0 Å². The number of carbonyl (C=O) groups excluding carboxylic acids is 3. The molecule has 1 aliphatic heterocycles. The molecule has 1 fully saturated rings. The summed E-state index contributed by atoms with van der Waals surface area (Å²) in [5.41, 5.74) is 7.02. The van der Waals surface area contributed by atoms with Crippen LogP contribution in [0.5, 0.6) is 5.75 Å². The lowest BCUT2D eigenvalue weighted by molar-refractivity contribution is -0.123. The smallest absolute Gasteiger partial charge is 0.258 e. The zero-order chi connectivity index (χ0) is 22.4. The minimum Gasteiger partial charge on any atom is -0.484 e. The molecule has 8 nitrogen and oxygen atoms in total. The van der Waals surface area contributed by atoms with Crippen molar-refractivity contribution in [3.63, 3.8) is 0 Å². The average molecular weight is 425 g/mol. The van der Waals surface area contributed by atoms with Gasteiger partial charge in [0.25, 0.3) is 11.8 Å². The molecule has 0 bridgehead atoms. The van der Waals surface area contributed by atoms with E-state index in [0.29, 0.717) is 36.5 Å². The lowest BCUT2D eigenvalue weighted by Gasteiger charge is -2.35. The molecule has 1 saturated heterocycles. The number of rotatable bonds is 7. The van der Waals surface area contributed by atoms with Gasteiger partial charge in [-0.25, -0.2) is 0 Å². The minimum absolute atomic E-state index is 0.0164. The van der Waals surface area contributed by atoms with Crippen molar-refractivity contribution in [2.24, 2.45) is 5.73 Å². The SMILES string of the molecule is CC1CN(C(=O)c2ccc(CNC(=O)COc3cccc(C(N)=O)c3)cc2)CC(C)O1. The van der Waals surface area contributed by atoms with E-state index < -0.39 is 5.91 Å². The number of morpholine rings is 1. The molecule has 0 aliphatic carbocycles. The number of hydrogen-bond donors (Lipinski definition) is 2. The van der Waals surface area contributed by atoms with Crippen LogP contribution in [0.4, 0.5) is 0 Å². The molecule has 164 valence electrons. The fourth-order valence-electron chi connectivity index (χ4n) is 3.43. The van der Waals surface area contributed by atoms with Gasteiger partial charge >= 0.3 is 0 Å². The number of amides is 3. The van der Waals surface area contributed by atoms with Crippen molar-refractivity contribution < 1.29 is 23.9 Å². The molecular weight excluding hydrogens is 398 g/mol. The second kappa shape index (κ2) is 10.1. The standard InChI is InChI=1S/C23H27N3O5/c1-15-12-26(13-16(2)31-15)23(29)18-8-6-17(7-9-18)11-25-21(27)14-30-20-5-3-4-19(10-20)22(24)28/h3-10,15-16H,11-14H2,1-2H3,(H2,24,28)(H,25,27). The van der Waals surface area contributed by atoms with E-state index in [0.717, 1.165) is 5.56 Å². The quantitative estimate of drug-likeness (QED) is 0.702. The van der Waals surface area contributed by atoms with Gasteiger partial charge in [-0.05, 0) is 49.7 Å². The Balaban J connectivity index is 1.47. The molecule has 1 aliphatic rings. The Morgan fingerprint density at radius 1 is 1.06 bits per heavy atom. The fraction of sp³-hybridized carbons (Fsp3) is 0.348. The van der Waals surface area contributed by atoms with E-state index in [1.165, 1.54) is 6.07 Å². The van der Waals surface area contributed by atoms with Crippen molar-refractivity contribution in [3.05, 3.63) is 65.2 Å². The fourth-order valence-corrected chi connectivity index (χ4v) is 3.43. The molecule has 2 unspecified atom stereocenters. The van der Waals surface area contributed by atoms with Crippen LogP contribution >= 0.6 is 0 Å². The van der Waals surface area contributed by atoms with Crippen molar-refractivity contribution in [2.45, 2.75) is 32.6 Å². The molecule has 1 heterocycles. The number of ether oxygens (including phenoxy) is 2.